The number of hydrogen-bond donors (Lipinski definition) is 1. The van der Waals surface area contributed by atoms with Gasteiger partial charge >= 0.3 is 0 Å². The van der Waals surface area contributed by atoms with Crippen LogP contribution >= 0.6 is 0 Å². The number of hydrogen-bond acceptors (Lipinski definition) is 4. The predicted octanol–water partition coefficient (Wildman–Crippen LogP) is 0.745. The molecule has 5 nitrogen and oxygen atoms in total. The first-order chi connectivity index (χ1) is 8.86. The first-order valence-corrected chi connectivity index (χ1v) is 8.94. The van der Waals surface area contributed by atoms with Crippen LogP contribution in [0.25, 0.3) is 0 Å². The smallest absolute Gasteiger partial charge is 0.211 e. The normalized spacial score (nSPS) is 33.5. The molecule has 19 heavy (non-hydrogen) atoms. The lowest BCUT2D eigenvalue weighted by Crippen LogP contribution is -2.40. The SMILES string of the molecule is CS(=O)(=O)N1CCCC(CC(=O)C2CCC(N)C2)C1. The van der Waals surface area contributed by atoms with E-state index in [1.54, 1.807) is 0 Å². The van der Waals surface area contributed by atoms with Crippen LogP contribution in [0.4, 0.5) is 0 Å². The highest BCUT2D eigenvalue weighted by atomic mass is 32.2. The first kappa shape index (κ1) is 14.9. The summed E-state index contributed by atoms with van der Waals surface area (Å²) in [6, 6.07) is 0.174. The number of nitrogens with zero attached hydrogens (tertiary/aromatic N) is 1. The third-order valence-electron chi connectivity index (χ3n) is 4.37. The number of sulfonamides is 1. The summed E-state index contributed by atoms with van der Waals surface area (Å²) in [7, 11) is -3.12. The van der Waals surface area contributed by atoms with E-state index in [-0.39, 0.29) is 23.7 Å². The maximum atomic E-state index is 12.2. The van der Waals surface area contributed by atoms with Crippen molar-refractivity contribution in [3.05, 3.63) is 0 Å². The number of Topliss-reactive ketones (excluding diaryl/α,β-unsaturated/α-hetero) is 1. The predicted molar refractivity (Wildman–Crippen MR) is 74.1 cm³/mol. The van der Waals surface area contributed by atoms with Gasteiger partial charge in [0.2, 0.25) is 10.0 Å². The van der Waals surface area contributed by atoms with Crippen molar-refractivity contribution < 1.29 is 13.2 Å². The number of carbonyl (C=O) groups excluding carboxylic acids is 1. The minimum absolute atomic E-state index is 0.114. The van der Waals surface area contributed by atoms with E-state index >= 15 is 0 Å². The van der Waals surface area contributed by atoms with Gasteiger partial charge in [0.25, 0.3) is 0 Å². The third kappa shape index (κ3) is 4.00. The monoisotopic (exact) mass is 288 g/mol. The lowest BCUT2D eigenvalue weighted by atomic mass is 9.89. The molecule has 0 amide bonds. The lowest BCUT2D eigenvalue weighted by molar-refractivity contribution is -0.123. The summed E-state index contributed by atoms with van der Waals surface area (Å²) < 4.78 is 24.6. The summed E-state index contributed by atoms with van der Waals surface area (Å²) in [5.74, 6) is 0.588. The second kappa shape index (κ2) is 5.89. The molecule has 1 aliphatic heterocycles. The van der Waals surface area contributed by atoms with E-state index in [9.17, 15) is 13.2 Å². The van der Waals surface area contributed by atoms with Crippen LogP contribution in [0.3, 0.4) is 0 Å². The van der Waals surface area contributed by atoms with E-state index in [0.29, 0.717) is 19.5 Å². The van der Waals surface area contributed by atoms with E-state index in [1.165, 1.54) is 10.6 Å². The number of nitrogens with two attached hydrogens (primary N) is 1. The van der Waals surface area contributed by atoms with Crippen molar-refractivity contribution in [1.82, 2.24) is 4.31 Å². The largest absolute Gasteiger partial charge is 0.328 e. The molecule has 2 fully saturated rings. The van der Waals surface area contributed by atoms with Crippen molar-refractivity contribution >= 4 is 15.8 Å². The second-order valence-corrected chi connectivity index (χ2v) is 8.05. The van der Waals surface area contributed by atoms with Crippen molar-refractivity contribution in [2.45, 2.75) is 44.6 Å². The Kier molecular flexibility index (Phi) is 4.63. The van der Waals surface area contributed by atoms with Crippen molar-refractivity contribution in [2.75, 3.05) is 19.3 Å². The molecule has 0 spiro atoms. The van der Waals surface area contributed by atoms with E-state index in [0.717, 1.165) is 32.1 Å². The molecule has 1 heterocycles. The molecule has 2 rings (SSSR count). The molecule has 0 radical (unpaired) electrons. The molecule has 110 valence electrons. The molecule has 6 heteroatoms. The van der Waals surface area contributed by atoms with Crippen LogP contribution in [0, 0.1) is 11.8 Å². The molecule has 0 bridgehead atoms. The highest BCUT2D eigenvalue weighted by molar-refractivity contribution is 7.88. The molecule has 1 saturated carbocycles. The Morgan fingerprint density at radius 3 is 2.63 bits per heavy atom. The van der Waals surface area contributed by atoms with Gasteiger partial charge in [0.05, 0.1) is 6.26 Å². The maximum absolute atomic E-state index is 12.2. The summed E-state index contributed by atoms with van der Waals surface area (Å²) in [6.07, 6.45) is 6.22. The Morgan fingerprint density at radius 1 is 1.32 bits per heavy atom. The molecule has 2 aliphatic rings. The summed E-state index contributed by atoms with van der Waals surface area (Å²) >= 11 is 0. The van der Waals surface area contributed by atoms with Crippen LogP contribution in [0.15, 0.2) is 0 Å². The number of ketones is 1. The molecule has 3 atom stereocenters. The second-order valence-electron chi connectivity index (χ2n) is 6.07. The summed E-state index contributed by atoms with van der Waals surface area (Å²) in [6.45, 7) is 1.10. The molecule has 2 N–H and O–H groups in total. The summed E-state index contributed by atoms with van der Waals surface area (Å²) in [5, 5.41) is 0. The molecule has 3 unspecified atom stereocenters. The Labute approximate surface area is 115 Å². The Hall–Kier alpha value is -0.460. The Bertz CT molecular complexity index is 435. The third-order valence-corrected chi connectivity index (χ3v) is 5.64. The van der Waals surface area contributed by atoms with Gasteiger partial charge in [-0.05, 0) is 38.0 Å². The minimum Gasteiger partial charge on any atom is -0.328 e. The van der Waals surface area contributed by atoms with Gasteiger partial charge in [-0.25, -0.2) is 12.7 Å². The average molecular weight is 288 g/mol. The molecular formula is C13H24N2O3S. The van der Waals surface area contributed by atoms with Crippen LogP contribution in [0.5, 0.6) is 0 Å². The fourth-order valence-electron chi connectivity index (χ4n) is 3.25. The van der Waals surface area contributed by atoms with E-state index < -0.39 is 10.0 Å². The molecule has 0 aromatic rings. The van der Waals surface area contributed by atoms with Gasteiger partial charge in [-0.1, -0.05) is 0 Å². The van der Waals surface area contributed by atoms with E-state index in [4.69, 9.17) is 5.73 Å². The zero-order chi connectivity index (χ0) is 14.0. The quantitative estimate of drug-likeness (QED) is 0.827. The van der Waals surface area contributed by atoms with Gasteiger partial charge in [-0.2, -0.15) is 0 Å². The van der Waals surface area contributed by atoms with Crippen molar-refractivity contribution in [1.29, 1.82) is 0 Å². The topological polar surface area (TPSA) is 80.5 Å². The van der Waals surface area contributed by atoms with Crippen molar-refractivity contribution in [3.8, 4) is 0 Å². The van der Waals surface area contributed by atoms with Gasteiger partial charge in [-0.15, -0.1) is 0 Å². The minimum atomic E-state index is -3.12. The fourth-order valence-corrected chi connectivity index (χ4v) is 4.20. The van der Waals surface area contributed by atoms with Gasteiger partial charge in [0, 0.05) is 31.5 Å². The summed E-state index contributed by atoms with van der Waals surface area (Å²) in [5.41, 5.74) is 5.84. The van der Waals surface area contributed by atoms with Crippen molar-refractivity contribution in [2.24, 2.45) is 17.6 Å². The highest BCUT2D eigenvalue weighted by Crippen LogP contribution is 2.29. The molecule has 1 saturated heterocycles. The van der Waals surface area contributed by atoms with E-state index in [2.05, 4.69) is 0 Å². The Balaban J connectivity index is 1.87. The lowest BCUT2D eigenvalue weighted by Gasteiger charge is -2.31. The van der Waals surface area contributed by atoms with Gasteiger partial charge in [0.1, 0.15) is 5.78 Å². The number of carbonyl (C=O) groups is 1. The van der Waals surface area contributed by atoms with Gasteiger partial charge < -0.3 is 5.73 Å². The van der Waals surface area contributed by atoms with Crippen LogP contribution in [-0.2, 0) is 14.8 Å². The Morgan fingerprint density at radius 2 is 2.05 bits per heavy atom. The van der Waals surface area contributed by atoms with Gasteiger partial charge in [-0.3, -0.25) is 4.79 Å². The molecular weight excluding hydrogens is 264 g/mol. The fraction of sp³-hybridized carbons (Fsp3) is 0.923. The number of rotatable bonds is 4. The van der Waals surface area contributed by atoms with Crippen LogP contribution in [0.2, 0.25) is 0 Å². The zero-order valence-corrected chi connectivity index (χ0v) is 12.4. The standard InChI is InChI=1S/C13H24N2O3S/c1-19(17,18)15-6-2-3-10(9-15)7-13(16)11-4-5-12(14)8-11/h10-12H,2-9,14H2,1H3. The molecule has 0 aromatic carbocycles. The molecule has 1 aliphatic carbocycles. The first-order valence-electron chi connectivity index (χ1n) is 7.09. The van der Waals surface area contributed by atoms with Crippen LogP contribution in [0.1, 0.15) is 38.5 Å². The van der Waals surface area contributed by atoms with Crippen LogP contribution < -0.4 is 5.73 Å². The maximum Gasteiger partial charge on any atom is 0.211 e. The molecule has 0 aromatic heterocycles. The van der Waals surface area contributed by atoms with Crippen LogP contribution in [-0.4, -0.2) is 43.9 Å². The average Bonchev–Trinajstić information content (AvgIpc) is 2.75. The van der Waals surface area contributed by atoms with Crippen molar-refractivity contribution in [3.63, 3.8) is 0 Å². The number of piperidine rings is 1. The van der Waals surface area contributed by atoms with Gasteiger partial charge in [0.15, 0.2) is 0 Å². The van der Waals surface area contributed by atoms with E-state index in [1.807, 2.05) is 0 Å². The zero-order valence-electron chi connectivity index (χ0n) is 11.5. The highest BCUT2D eigenvalue weighted by Gasteiger charge is 2.32. The summed E-state index contributed by atoms with van der Waals surface area (Å²) in [4.78, 5) is 12.2.